The average molecular weight is 396 g/mol. The van der Waals surface area contributed by atoms with Crippen LogP contribution in [0.5, 0.6) is 5.75 Å². The van der Waals surface area contributed by atoms with E-state index in [-0.39, 0.29) is 5.91 Å². The molecule has 6 nitrogen and oxygen atoms in total. The molecule has 0 bridgehead atoms. The molecule has 1 aliphatic rings. The van der Waals surface area contributed by atoms with Gasteiger partial charge in [0, 0.05) is 44.5 Å². The van der Waals surface area contributed by atoms with Crippen LogP contribution >= 0.6 is 0 Å². The van der Waals surface area contributed by atoms with Gasteiger partial charge in [0.15, 0.2) is 0 Å². The van der Waals surface area contributed by atoms with Gasteiger partial charge in [-0.25, -0.2) is 0 Å². The second-order valence-electron chi connectivity index (χ2n) is 6.43. The number of amides is 1. The quantitative estimate of drug-likeness (QED) is 0.395. The van der Waals surface area contributed by atoms with Gasteiger partial charge in [-0.2, -0.15) is 0 Å². The molecule has 1 heterocycles. The van der Waals surface area contributed by atoms with Crippen LogP contribution in [-0.2, 0) is 18.1 Å². The second-order valence-corrected chi connectivity index (χ2v) is 9.16. The molecule has 1 aromatic rings. The minimum atomic E-state index is -2.60. The highest BCUT2D eigenvalue weighted by Crippen LogP contribution is 2.24. The van der Waals surface area contributed by atoms with Crippen LogP contribution in [0, 0.1) is 0 Å². The fourth-order valence-corrected chi connectivity index (χ4v) is 5.86. The van der Waals surface area contributed by atoms with E-state index < -0.39 is 8.80 Å². The molecule has 1 saturated heterocycles. The van der Waals surface area contributed by atoms with Crippen molar-refractivity contribution in [2.75, 3.05) is 37.9 Å². The van der Waals surface area contributed by atoms with E-state index in [9.17, 15) is 4.79 Å². The highest BCUT2D eigenvalue weighted by atomic mass is 28.4. The fourth-order valence-electron chi connectivity index (χ4n) is 3.28. The number of hydrogen-bond donors (Lipinski definition) is 0. The number of benzene rings is 1. The summed E-state index contributed by atoms with van der Waals surface area (Å²) in [5.41, 5.74) is 0.947. The van der Waals surface area contributed by atoms with Gasteiger partial charge in [0.25, 0.3) is 0 Å². The zero-order valence-electron chi connectivity index (χ0n) is 16.9. The van der Waals surface area contributed by atoms with Crippen molar-refractivity contribution in [1.29, 1.82) is 0 Å². The zero-order chi connectivity index (χ0) is 19.5. The van der Waals surface area contributed by atoms with Gasteiger partial charge < -0.3 is 22.9 Å². The lowest BCUT2D eigenvalue weighted by atomic mass is 10.1. The molecule has 27 heavy (non-hydrogen) atoms. The lowest BCUT2D eigenvalue weighted by Crippen LogP contribution is -2.46. The molecule has 0 N–H and O–H groups in total. The number of rotatable bonds is 12. The Morgan fingerprint density at radius 2 is 1.59 bits per heavy atom. The van der Waals surface area contributed by atoms with Gasteiger partial charge >= 0.3 is 8.80 Å². The van der Waals surface area contributed by atoms with E-state index in [0.717, 1.165) is 43.3 Å². The van der Waals surface area contributed by atoms with Gasteiger partial charge in [0.05, 0.1) is 6.61 Å². The van der Waals surface area contributed by atoms with E-state index in [1.54, 1.807) is 0 Å². The van der Waals surface area contributed by atoms with Crippen molar-refractivity contribution >= 4 is 20.4 Å². The molecular formula is C20H33NO5Si. The Bertz CT molecular complexity index is 549. The summed E-state index contributed by atoms with van der Waals surface area (Å²) in [5.74, 6) is 1.01. The topological polar surface area (TPSA) is 57.2 Å². The number of piperidine rings is 1. The third-order valence-electron chi connectivity index (χ3n) is 4.46. The first-order chi connectivity index (χ1) is 13.1. The smallest absolute Gasteiger partial charge is 0.494 e. The molecular weight excluding hydrogens is 362 g/mol. The zero-order valence-corrected chi connectivity index (χ0v) is 17.9. The Morgan fingerprint density at radius 1 is 0.963 bits per heavy atom. The summed E-state index contributed by atoms with van der Waals surface area (Å²) < 4.78 is 23.4. The summed E-state index contributed by atoms with van der Waals surface area (Å²) in [6, 6.07) is 8.50. The molecule has 1 amide bonds. The van der Waals surface area contributed by atoms with Crippen molar-refractivity contribution in [3.63, 3.8) is 0 Å². The van der Waals surface area contributed by atoms with Gasteiger partial charge in [-0.1, -0.05) is 0 Å². The summed E-state index contributed by atoms with van der Waals surface area (Å²) in [6.45, 7) is 9.03. The van der Waals surface area contributed by atoms with E-state index in [1.807, 2.05) is 49.9 Å². The molecule has 0 aliphatic carbocycles. The molecule has 1 fully saturated rings. The van der Waals surface area contributed by atoms with Crippen molar-refractivity contribution in [2.24, 2.45) is 0 Å². The number of nitrogens with zero attached hydrogens (tertiary/aromatic N) is 1. The lowest BCUT2D eigenvalue weighted by Gasteiger charge is -2.28. The summed E-state index contributed by atoms with van der Waals surface area (Å²) in [7, 11) is -2.60. The third-order valence-corrected chi connectivity index (χ3v) is 7.61. The number of hydrogen-bond acceptors (Lipinski definition) is 5. The van der Waals surface area contributed by atoms with Crippen molar-refractivity contribution < 1.29 is 22.8 Å². The molecule has 7 heteroatoms. The Hall–Kier alpha value is -1.41. The maximum atomic E-state index is 12.0. The number of carbonyl (C=O) groups is 1. The van der Waals surface area contributed by atoms with Crippen LogP contribution in [0.3, 0.4) is 0 Å². The molecule has 0 spiro atoms. The Labute approximate surface area is 164 Å². The second kappa shape index (κ2) is 11.4. The lowest BCUT2D eigenvalue weighted by molar-refractivity contribution is -0.119. The molecule has 0 aromatic heterocycles. The summed E-state index contributed by atoms with van der Waals surface area (Å²) in [6.07, 6.45) is 3.50. The molecule has 0 saturated carbocycles. The van der Waals surface area contributed by atoms with Gasteiger partial charge in [-0.05, 0) is 64.3 Å². The van der Waals surface area contributed by atoms with Gasteiger partial charge in [0.2, 0.25) is 5.91 Å². The standard InChI is InChI=1S/C20H33NO5Si/c1-4-24-27(25-5-2,26-6-3)17-9-16-23-19-13-11-18(12-14-19)21-15-8-7-10-20(21)22/h11-14H,4-10,15-17H2,1-3H3. The predicted octanol–water partition coefficient (Wildman–Crippen LogP) is 4.02. The van der Waals surface area contributed by atoms with E-state index >= 15 is 0 Å². The molecule has 1 aromatic carbocycles. The number of anilines is 1. The Morgan fingerprint density at radius 3 is 2.15 bits per heavy atom. The largest absolute Gasteiger partial charge is 0.501 e. The van der Waals surface area contributed by atoms with Crippen LogP contribution < -0.4 is 9.64 Å². The molecule has 0 atom stereocenters. The first-order valence-corrected chi connectivity index (χ1v) is 12.0. The van der Waals surface area contributed by atoms with E-state index in [0.29, 0.717) is 32.8 Å². The fraction of sp³-hybridized carbons (Fsp3) is 0.650. The normalized spacial score (nSPS) is 15.2. The monoisotopic (exact) mass is 395 g/mol. The highest BCUT2D eigenvalue weighted by molar-refractivity contribution is 6.60. The van der Waals surface area contributed by atoms with E-state index in [4.69, 9.17) is 18.0 Å². The molecule has 1 aliphatic heterocycles. The molecule has 0 unspecified atom stereocenters. The highest BCUT2D eigenvalue weighted by Gasteiger charge is 2.39. The third kappa shape index (κ3) is 6.60. The number of ether oxygens (including phenoxy) is 1. The first-order valence-electron chi connectivity index (χ1n) is 10.1. The van der Waals surface area contributed by atoms with Crippen LogP contribution in [0.25, 0.3) is 0 Å². The summed E-state index contributed by atoms with van der Waals surface area (Å²) in [5, 5.41) is 0. The molecule has 0 radical (unpaired) electrons. The van der Waals surface area contributed by atoms with Crippen molar-refractivity contribution in [1.82, 2.24) is 0 Å². The van der Waals surface area contributed by atoms with E-state index in [2.05, 4.69) is 0 Å². The van der Waals surface area contributed by atoms with Crippen molar-refractivity contribution in [2.45, 2.75) is 52.5 Å². The first kappa shape index (κ1) is 21.9. The maximum Gasteiger partial charge on any atom is 0.501 e. The van der Waals surface area contributed by atoms with Gasteiger partial charge in [-0.3, -0.25) is 4.79 Å². The van der Waals surface area contributed by atoms with Crippen LogP contribution in [0.1, 0.15) is 46.5 Å². The van der Waals surface area contributed by atoms with Crippen LogP contribution in [0.15, 0.2) is 24.3 Å². The van der Waals surface area contributed by atoms with Crippen LogP contribution in [0.2, 0.25) is 6.04 Å². The molecule has 152 valence electrons. The van der Waals surface area contributed by atoms with E-state index in [1.165, 1.54) is 0 Å². The summed E-state index contributed by atoms with van der Waals surface area (Å²) >= 11 is 0. The SMILES string of the molecule is CCO[Si](CCCOc1ccc(N2CCCCC2=O)cc1)(OCC)OCC. The van der Waals surface area contributed by atoms with Gasteiger partial charge in [-0.15, -0.1) is 0 Å². The average Bonchev–Trinajstić information content (AvgIpc) is 2.67. The molecule has 2 rings (SSSR count). The number of carbonyl (C=O) groups excluding carboxylic acids is 1. The Kier molecular flexibility index (Phi) is 9.27. The predicted molar refractivity (Wildman–Crippen MR) is 108 cm³/mol. The van der Waals surface area contributed by atoms with Crippen molar-refractivity contribution in [3.8, 4) is 5.75 Å². The van der Waals surface area contributed by atoms with Crippen LogP contribution in [0.4, 0.5) is 5.69 Å². The Balaban J connectivity index is 1.82. The summed E-state index contributed by atoms with van der Waals surface area (Å²) in [4.78, 5) is 13.9. The minimum Gasteiger partial charge on any atom is -0.494 e. The van der Waals surface area contributed by atoms with Crippen molar-refractivity contribution in [3.05, 3.63) is 24.3 Å². The van der Waals surface area contributed by atoms with Crippen LogP contribution in [-0.4, -0.2) is 47.7 Å². The minimum absolute atomic E-state index is 0.207. The maximum absolute atomic E-state index is 12.0. The van der Waals surface area contributed by atoms with Gasteiger partial charge in [0.1, 0.15) is 5.75 Å².